The van der Waals surface area contributed by atoms with Crippen molar-refractivity contribution in [1.82, 2.24) is 9.78 Å². The van der Waals surface area contributed by atoms with Crippen LogP contribution in [0.2, 0.25) is 0 Å². The molecule has 0 radical (unpaired) electrons. The van der Waals surface area contributed by atoms with Crippen LogP contribution in [0.4, 0.5) is 5.69 Å². The van der Waals surface area contributed by atoms with Gasteiger partial charge in [-0.2, -0.15) is 5.10 Å². The minimum Gasteiger partial charge on any atom is -0.382 e. The largest absolute Gasteiger partial charge is 0.382 e. The van der Waals surface area contributed by atoms with Crippen LogP contribution in [-0.2, 0) is 6.54 Å². The second-order valence-electron chi connectivity index (χ2n) is 4.44. The summed E-state index contributed by atoms with van der Waals surface area (Å²) < 4.78 is 1.45. The molecule has 0 aliphatic heterocycles. The van der Waals surface area contributed by atoms with Crippen molar-refractivity contribution in [1.29, 1.82) is 0 Å². The molecule has 0 fully saturated rings. The Hall–Kier alpha value is -2.14. The van der Waals surface area contributed by atoms with E-state index in [2.05, 4.69) is 16.5 Å². The van der Waals surface area contributed by atoms with E-state index >= 15 is 0 Å². The number of nitrogens with two attached hydrogens (primary N) is 1. The summed E-state index contributed by atoms with van der Waals surface area (Å²) in [4.78, 5) is 11.9. The fraction of sp³-hybridized carbons (Fsp3) is 0.286. The first-order chi connectivity index (χ1) is 9.19. The Kier molecular flexibility index (Phi) is 4.30. The van der Waals surface area contributed by atoms with E-state index in [1.54, 1.807) is 12.3 Å². The number of rotatable bonds is 5. The lowest BCUT2D eigenvalue weighted by Gasteiger charge is -2.07. The summed E-state index contributed by atoms with van der Waals surface area (Å²) in [5.41, 5.74) is 8.22. The summed E-state index contributed by atoms with van der Waals surface area (Å²) >= 11 is 0. The number of benzene rings is 1. The molecule has 1 aromatic carbocycles. The average Bonchev–Trinajstić information content (AvgIpc) is 2.39. The van der Waals surface area contributed by atoms with E-state index in [9.17, 15) is 4.79 Å². The number of nitrogens with zero attached hydrogens (tertiary/aromatic N) is 2. The molecule has 5 nitrogen and oxygen atoms in total. The number of hydrogen-bond donors (Lipinski definition) is 2. The highest BCUT2D eigenvalue weighted by atomic mass is 16.1. The van der Waals surface area contributed by atoms with E-state index in [0.717, 1.165) is 5.56 Å². The van der Waals surface area contributed by atoms with Gasteiger partial charge in [-0.3, -0.25) is 4.79 Å². The van der Waals surface area contributed by atoms with E-state index in [1.807, 2.05) is 25.1 Å². The van der Waals surface area contributed by atoms with Crippen LogP contribution in [0.1, 0.15) is 11.1 Å². The molecule has 0 bridgehead atoms. The van der Waals surface area contributed by atoms with Crippen molar-refractivity contribution >= 4 is 5.69 Å². The summed E-state index contributed by atoms with van der Waals surface area (Å²) in [6.45, 7) is 3.66. The minimum absolute atomic E-state index is 0.122. The third-order valence-electron chi connectivity index (χ3n) is 2.76. The number of hydrogen-bond acceptors (Lipinski definition) is 4. The molecule has 3 N–H and O–H groups in total. The molecular weight excluding hydrogens is 240 g/mol. The van der Waals surface area contributed by atoms with Gasteiger partial charge < -0.3 is 11.1 Å². The highest BCUT2D eigenvalue weighted by Crippen LogP contribution is 2.05. The molecule has 1 aromatic heterocycles. The summed E-state index contributed by atoms with van der Waals surface area (Å²) in [5, 5.41) is 7.19. The maximum atomic E-state index is 11.9. The van der Waals surface area contributed by atoms with Gasteiger partial charge in [0.2, 0.25) is 0 Å². The number of nitrogens with one attached hydrogen (secondary N) is 1. The molecule has 100 valence electrons. The third kappa shape index (κ3) is 3.66. The normalized spacial score (nSPS) is 10.4. The number of anilines is 1. The fourth-order valence-corrected chi connectivity index (χ4v) is 1.85. The van der Waals surface area contributed by atoms with Crippen molar-refractivity contribution in [2.45, 2.75) is 13.5 Å². The van der Waals surface area contributed by atoms with Crippen LogP contribution < -0.4 is 16.6 Å². The molecule has 1 heterocycles. The van der Waals surface area contributed by atoms with Crippen molar-refractivity contribution in [2.24, 2.45) is 5.73 Å². The Morgan fingerprint density at radius 2 is 2.21 bits per heavy atom. The van der Waals surface area contributed by atoms with Gasteiger partial charge in [-0.15, -0.1) is 0 Å². The molecule has 2 rings (SSSR count). The fourth-order valence-electron chi connectivity index (χ4n) is 1.85. The predicted molar refractivity (Wildman–Crippen MR) is 76.3 cm³/mol. The quantitative estimate of drug-likeness (QED) is 0.838. The highest BCUT2D eigenvalue weighted by molar-refractivity contribution is 5.38. The van der Waals surface area contributed by atoms with Crippen molar-refractivity contribution in [3.05, 3.63) is 58.0 Å². The summed E-state index contributed by atoms with van der Waals surface area (Å²) in [6.07, 6.45) is 1.65. The van der Waals surface area contributed by atoms with Gasteiger partial charge >= 0.3 is 0 Å². The van der Waals surface area contributed by atoms with Gasteiger partial charge in [0.05, 0.1) is 18.4 Å². The molecule has 0 atom stereocenters. The lowest BCUT2D eigenvalue weighted by Crippen LogP contribution is -2.24. The molecule has 0 amide bonds. The van der Waals surface area contributed by atoms with Crippen LogP contribution in [0.15, 0.2) is 41.3 Å². The number of aryl methyl sites for hydroxylation is 1. The van der Waals surface area contributed by atoms with Gasteiger partial charge in [-0.1, -0.05) is 29.8 Å². The van der Waals surface area contributed by atoms with E-state index in [4.69, 9.17) is 5.73 Å². The topological polar surface area (TPSA) is 72.9 Å². The molecule has 0 saturated carbocycles. The minimum atomic E-state index is -0.122. The van der Waals surface area contributed by atoms with Crippen molar-refractivity contribution < 1.29 is 0 Å². The molecule has 19 heavy (non-hydrogen) atoms. The van der Waals surface area contributed by atoms with Crippen molar-refractivity contribution in [3.8, 4) is 0 Å². The molecule has 0 unspecified atom stereocenters. The summed E-state index contributed by atoms with van der Waals surface area (Å²) in [5.74, 6) is 0. The Bertz CT molecular complexity index is 606. The average molecular weight is 258 g/mol. The maximum Gasteiger partial charge on any atom is 0.269 e. The Morgan fingerprint density at radius 1 is 1.37 bits per heavy atom. The van der Waals surface area contributed by atoms with Crippen LogP contribution in [0, 0.1) is 6.92 Å². The first-order valence-corrected chi connectivity index (χ1v) is 6.25. The van der Waals surface area contributed by atoms with Gasteiger partial charge in [0, 0.05) is 19.2 Å². The van der Waals surface area contributed by atoms with E-state index < -0.39 is 0 Å². The van der Waals surface area contributed by atoms with Gasteiger partial charge in [0.25, 0.3) is 5.56 Å². The monoisotopic (exact) mass is 258 g/mol. The van der Waals surface area contributed by atoms with Crippen LogP contribution >= 0.6 is 0 Å². The molecule has 5 heteroatoms. The summed E-state index contributed by atoms with van der Waals surface area (Å²) in [6, 6.07) is 9.58. The maximum absolute atomic E-state index is 11.9. The number of aromatic nitrogens is 2. The van der Waals surface area contributed by atoms with E-state index in [1.165, 1.54) is 10.2 Å². The summed E-state index contributed by atoms with van der Waals surface area (Å²) in [7, 11) is 0. The first kappa shape index (κ1) is 13.3. The third-order valence-corrected chi connectivity index (χ3v) is 2.76. The van der Waals surface area contributed by atoms with Crippen molar-refractivity contribution in [2.75, 3.05) is 18.4 Å². The highest BCUT2D eigenvalue weighted by Gasteiger charge is 2.01. The molecule has 0 spiro atoms. The van der Waals surface area contributed by atoms with Gasteiger partial charge in [-0.05, 0) is 12.5 Å². The van der Waals surface area contributed by atoms with Gasteiger partial charge in [0.1, 0.15) is 0 Å². The Morgan fingerprint density at radius 3 is 2.89 bits per heavy atom. The first-order valence-electron chi connectivity index (χ1n) is 6.25. The smallest absolute Gasteiger partial charge is 0.269 e. The lowest BCUT2D eigenvalue weighted by atomic mass is 10.1. The van der Waals surface area contributed by atoms with E-state index in [-0.39, 0.29) is 5.56 Å². The molecular formula is C14H18N4O. The van der Waals surface area contributed by atoms with Crippen molar-refractivity contribution in [3.63, 3.8) is 0 Å². The lowest BCUT2D eigenvalue weighted by molar-refractivity contribution is 0.639. The Labute approximate surface area is 112 Å². The standard InChI is InChI=1S/C14H18N4O/c1-11-3-2-4-12(7-11)10-18-14(19)8-13(9-17-18)16-6-5-15/h2-4,7-9,16H,5-6,10,15H2,1H3. The van der Waals surface area contributed by atoms with Gasteiger partial charge in [-0.25, -0.2) is 4.68 Å². The molecule has 0 aliphatic carbocycles. The van der Waals surface area contributed by atoms with Crippen LogP contribution in [0.5, 0.6) is 0 Å². The second-order valence-corrected chi connectivity index (χ2v) is 4.44. The zero-order valence-electron chi connectivity index (χ0n) is 11.0. The zero-order chi connectivity index (χ0) is 13.7. The van der Waals surface area contributed by atoms with Gasteiger partial charge in [0.15, 0.2) is 0 Å². The molecule has 0 aliphatic rings. The van der Waals surface area contributed by atoms with Crippen LogP contribution in [0.3, 0.4) is 0 Å². The predicted octanol–water partition coefficient (Wildman–Crippen LogP) is 0.971. The van der Waals surface area contributed by atoms with Crippen LogP contribution in [0.25, 0.3) is 0 Å². The van der Waals surface area contributed by atoms with E-state index in [0.29, 0.717) is 25.3 Å². The second kappa shape index (κ2) is 6.15. The molecule has 0 saturated heterocycles. The van der Waals surface area contributed by atoms with Crippen LogP contribution in [-0.4, -0.2) is 22.9 Å². The zero-order valence-corrected chi connectivity index (χ0v) is 11.0. The Balaban J connectivity index is 2.15. The molecule has 2 aromatic rings. The SMILES string of the molecule is Cc1cccc(Cn2ncc(NCCN)cc2=O)c1.